The van der Waals surface area contributed by atoms with Gasteiger partial charge in [0.1, 0.15) is 4.90 Å². The molecule has 0 aliphatic carbocycles. The molecule has 0 heterocycles. The molecule has 0 bridgehead atoms. The summed E-state index contributed by atoms with van der Waals surface area (Å²) >= 11 is 5.84. The van der Waals surface area contributed by atoms with Crippen molar-refractivity contribution in [3.8, 4) is 0 Å². The number of ketones is 1. The van der Waals surface area contributed by atoms with Crippen molar-refractivity contribution in [2.75, 3.05) is 4.72 Å². The van der Waals surface area contributed by atoms with Gasteiger partial charge in [0.2, 0.25) is 0 Å². The van der Waals surface area contributed by atoms with E-state index >= 15 is 0 Å². The minimum absolute atomic E-state index is 0.122. The first-order valence-electron chi connectivity index (χ1n) is 6.35. The van der Waals surface area contributed by atoms with Crippen molar-refractivity contribution >= 4 is 39.1 Å². The number of sulfonamides is 1. The summed E-state index contributed by atoms with van der Waals surface area (Å²) in [5, 5.41) is 10.7. The van der Waals surface area contributed by atoms with Crippen LogP contribution in [-0.4, -0.2) is 20.2 Å². The number of aromatic carboxylic acids is 1. The summed E-state index contributed by atoms with van der Waals surface area (Å²) in [5.41, 5.74) is 0.344. The fraction of sp³-hybridized carbons (Fsp3) is 0.0667. The van der Waals surface area contributed by atoms with E-state index in [1.165, 1.54) is 37.3 Å². The standard InChI is InChI=1S/C15H12ClNO5S/c1-9(18)10-2-5-12(6-3-10)17-23(21,22)14-8-11(15(19)20)4-7-13(14)16/h2-8,17H,1H3,(H,19,20)/p-1. The monoisotopic (exact) mass is 352 g/mol. The molecule has 0 radical (unpaired) electrons. The van der Waals surface area contributed by atoms with E-state index < -0.39 is 16.0 Å². The summed E-state index contributed by atoms with van der Waals surface area (Å²) in [6.07, 6.45) is 0. The second kappa shape index (κ2) is 6.39. The molecule has 2 aromatic rings. The third kappa shape index (κ3) is 3.88. The van der Waals surface area contributed by atoms with Crippen LogP contribution in [0.5, 0.6) is 0 Å². The fourth-order valence-electron chi connectivity index (χ4n) is 1.82. The van der Waals surface area contributed by atoms with Gasteiger partial charge in [-0.15, -0.1) is 0 Å². The number of hydrogen-bond acceptors (Lipinski definition) is 5. The zero-order valence-electron chi connectivity index (χ0n) is 11.9. The van der Waals surface area contributed by atoms with E-state index in [2.05, 4.69) is 4.72 Å². The molecular formula is C15H11ClNO5S-. The Morgan fingerprint density at radius 1 is 1.04 bits per heavy atom. The van der Waals surface area contributed by atoms with Crippen LogP contribution in [0.3, 0.4) is 0 Å². The molecule has 0 aliphatic rings. The molecule has 6 nitrogen and oxygen atoms in total. The lowest BCUT2D eigenvalue weighted by atomic mass is 10.1. The maximum Gasteiger partial charge on any atom is 0.263 e. The van der Waals surface area contributed by atoms with Gasteiger partial charge in [-0.05, 0) is 48.9 Å². The van der Waals surface area contributed by atoms with Crippen molar-refractivity contribution in [2.24, 2.45) is 0 Å². The Balaban J connectivity index is 2.37. The first kappa shape index (κ1) is 17.0. The van der Waals surface area contributed by atoms with Crippen molar-refractivity contribution in [1.29, 1.82) is 0 Å². The average Bonchev–Trinajstić information content (AvgIpc) is 2.47. The molecule has 1 N–H and O–H groups in total. The maximum atomic E-state index is 12.3. The van der Waals surface area contributed by atoms with Crippen LogP contribution in [0.25, 0.3) is 0 Å². The number of nitrogens with one attached hydrogen (secondary N) is 1. The zero-order chi connectivity index (χ0) is 17.2. The molecule has 8 heteroatoms. The van der Waals surface area contributed by atoms with Crippen LogP contribution in [-0.2, 0) is 10.0 Å². The van der Waals surface area contributed by atoms with Crippen LogP contribution in [0.2, 0.25) is 5.02 Å². The van der Waals surface area contributed by atoms with Crippen molar-refractivity contribution in [1.82, 2.24) is 0 Å². The third-order valence-electron chi connectivity index (χ3n) is 3.00. The largest absolute Gasteiger partial charge is 0.545 e. The Kier molecular flexibility index (Phi) is 4.72. The minimum Gasteiger partial charge on any atom is -0.545 e. The van der Waals surface area contributed by atoms with Crippen molar-refractivity contribution in [2.45, 2.75) is 11.8 Å². The van der Waals surface area contributed by atoms with E-state index in [1.807, 2.05) is 0 Å². The predicted octanol–water partition coefficient (Wildman–Crippen LogP) is 1.71. The Labute approximate surface area is 137 Å². The molecule has 0 saturated heterocycles. The average molecular weight is 353 g/mol. The topological polar surface area (TPSA) is 103 Å². The number of Topliss-reactive ketones (excluding diaryl/α,β-unsaturated/α-hetero) is 1. The Hall–Kier alpha value is -2.38. The molecule has 0 unspecified atom stereocenters. The molecule has 0 saturated carbocycles. The lowest BCUT2D eigenvalue weighted by Gasteiger charge is -2.11. The number of carboxylic acids is 1. The molecule has 0 fully saturated rings. The van der Waals surface area contributed by atoms with Crippen LogP contribution >= 0.6 is 11.6 Å². The van der Waals surface area contributed by atoms with Gasteiger partial charge >= 0.3 is 0 Å². The number of carbonyl (C=O) groups excluding carboxylic acids is 2. The van der Waals surface area contributed by atoms with Crippen molar-refractivity contribution in [3.05, 3.63) is 58.6 Å². The van der Waals surface area contributed by atoms with Crippen molar-refractivity contribution < 1.29 is 23.1 Å². The van der Waals surface area contributed by atoms with Gasteiger partial charge in [0, 0.05) is 11.3 Å². The summed E-state index contributed by atoms with van der Waals surface area (Å²) in [7, 11) is -4.09. The highest BCUT2D eigenvalue weighted by Crippen LogP contribution is 2.25. The molecule has 2 aromatic carbocycles. The normalized spacial score (nSPS) is 11.0. The van der Waals surface area contributed by atoms with Gasteiger partial charge in [0.05, 0.1) is 11.0 Å². The van der Waals surface area contributed by atoms with Gasteiger partial charge in [-0.2, -0.15) is 0 Å². The molecule has 0 amide bonds. The lowest BCUT2D eigenvalue weighted by molar-refractivity contribution is -0.255. The first-order chi connectivity index (χ1) is 10.7. The number of carbonyl (C=O) groups is 2. The van der Waals surface area contributed by atoms with E-state index in [9.17, 15) is 23.1 Å². The zero-order valence-corrected chi connectivity index (χ0v) is 13.4. The van der Waals surface area contributed by atoms with E-state index in [4.69, 9.17) is 11.6 Å². The number of benzene rings is 2. The molecule has 2 rings (SSSR count). The number of hydrogen-bond donors (Lipinski definition) is 1. The Morgan fingerprint density at radius 3 is 2.13 bits per heavy atom. The minimum atomic E-state index is -4.09. The molecule has 0 atom stereocenters. The highest BCUT2D eigenvalue weighted by atomic mass is 35.5. The summed E-state index contributed by atoms with van der Waals surface area (Å²) in [5.74, 6) is -1.66. The molecule has 120 valence electrons. The second-order valence-corrected chi connectivity index (χ2v) is 6.73. The molecule has 0 aliphatic heterocycles. The van der Waals surface area contributed by atoms with Crippen LogP contribution < -0.4 is 9.83 Å². The summed E-state index contributed by atoms with van der Waals surface area (Å²) in [6.45, 7) is 1.39. The van der Waals surface area contributed by atoms with Crippen molar-refractivity contribution in [3.63, 3.8) is 0 Å². The van der Waals surface area contributed by atoms with E-state index in [-0.39, 0.29) is 27.0 Å². The number of rotatable bonds is 5. The molecule has 0 spiro atoms. The van der Waals surface area contributed by atoms with Gasteiger partial charge in [0.25, 0.3) is 10.0 Å². The lowest BCUT2D eigenvalue weighted by Crippen LogP contribution is -2.23. The third-order valence-corrected chi connectivity index (χ3v) is 4.86. The fourth-order valence-corrected chi connectivity index (χ4v) is 3.40. The number of anilines is 1. The van der Waals surface area contributed by atoms with Crippen LogP contribution in [0.4, 0.5) is 5.69 Å². The number of carboxylic acid groups (broad SMARTS) is 1. The van der Waals surface area contributed by atoms with Crippen LogP contribution in [0.15, 0.2) is 47.4 Å². The van der Waals surface area contributed by atoms with Gasteiger partial charge < -0.3 is 9.90 Å². The van der Waals surface area contributed by atoms with E-state index in [0.717, 1.165) is 12.1 Å². The quantitative estimate of drug-likeness (QED) is 0.825. The van der Waals surface area contributed by atoms with Crippen LogP contribution in [0, 0.1) is 0 Å². The molecular weight excluding hydrogens is 342 g/mol. The highest BCUT2D eigenvalue weighted by Gasteiger charge is 2.19. The highest BCUT2D eigenvalue weighted by molar-refractivity contribution is 7.92. The van der Waals surface area contributed by atoms with Crippen LogP contribution in [0.1, 0.15) is 27.6 Å². The predicted molar refractivity (Wildman–Crippen MR) is 83.0 cm³/mol. The summed E-state index contributed by atoms with van der Waals surface area (Å²) in [4.78, 5) is 21.7. The molecule has 0 aromatic heterocycles. The van der Waals surface area contributed by atoms with Gasteiger partial charge in [-0.25, -0.2) is 8.42 Å². The smallest absolute Gasteiger partial charge is 0.263 e. The summed E-state index contributed by atoms with van der Waals surface area (Å²) in [6, 6.07) is 9.02. The second-order valence-electron chi connectivity index (χ2n) is 4.67. The SMILES string of the molecule is CC(=O)c1ccc(NS(=O)(=O)c2cc(C(=O)[O-])ccc2Cl)cc1. The van der Waals surface area contributed by atoms with Gasteiger partial charge in [0.15, 0.2) is 5.78 Å². The maximum absolute atomic E-state index is 12.3. The van der Waals surface area contributed by atoms with E-state index in [0.29, 0.717) is 5.56 Å². The molecule has 23 heavy (non-hydrogen) atoms. The Bertz CT molecular complexity index is 875. The summed E-state index contributed by atoms with van der Waals surface area (Å²) < 4.78 is 27.0. The first-order valence-corrected chi connectivity index (χ1v) is 8.21. The van der Waals surface area contributed by atoms with E-state index in [1.54, 1.807) is 0 Å². The van der Waals surface area contributed by atoms with Gasteiger partial charge in [-0.3, -0.25) is 9.52 Å². The van der Waals surface area contributed by atoms with Gasteiger partial charge in [-0.1, -0.05) is 17.7 Å². The Morgan fingerprint density at radius 2 is 1.61 bits per heavy atom. The number of halogens is 1.